The van der Waals surface area contributed by atoms with Crippen molar-refractivity contribution < 1.29 is 27.5 Å². The van der Waals surface area contributed by atoms with Gasteiger partial charge in [0.2, 0.25) is 10.0 Å². The van der Waals surface area contributed by atoms with Crippen LogP contribution in [0.15, 0.2) is 83.3 Å². The number of para-hydroxylation sites is 1. The molecule has 10 heteroatoms. The van der Waals surface area contributed by atoms with Gasteiger partial charge >= 0.3 is 6.09 Å². The number of nitrogens with one attached hydrogen (secondary N) is 1. The Kier molecular flexibility index (Phi) is 10.00. The highest BCUT2D eigenvalue weighted by Crippen LogP contribution is 2.30. The van der Waals surface area contributed by atoms with Crippen molar-refractivity contribution in [3.8, 4) is 5.75 Å². The molecule has 1 atom stereocenters. The number of carbonyl (C=O) groups excluding carboxylic acids is 2. The third-order valence-corrected chi connectivity index (χ3v) is 8.37. The van der Waals surface area contributed by atoms with Crippen LogP contribution in [0.5, 0.6) is 5.75 Å². The van der Waals surface area contributed by atoms with Crippen LogP contribution in [-0.2, 0) is 28.0 Å². The van der Waals surface area contributed by atoms with Gasteiger partial charge in [0.1, 0.15) is 19.0 Å². The molecule has 0 unspecified atom stereocenters. The first-order valence-corrected chi connectivity index (χ1v) is 15.2. The van der Waals surface area contributed by atoms with Crippen LogP contribution in [0.3, 0.4) is 0 Å². The molecule has 4 rings (SSSR count). The maximum absolute atomic E-state index is 13.0. The van der Waals surface area contributed by atoms with Crippen LogP contribution in [0.2, 0.25) is 0 Å². The first-order chi connectivity index (χ1) is 18.8. The number of hydrogen-bond acceptors (Lipinski definition) is 6. The Morgan fingerprint density at radius 3 is 2.26 bits per heavy atom. The molecular weight excluding hydrogens is 584 g/mol. The molecule has 1 saturated heterocycles. The first-order valence-electron chi connectivity index (χ1n) is 12.8. The summed E-state index contributed by atoms with van der Waals surface area (Å²) < 4.78 is 39.9. The fourth-order valence-corrected chi connectivity index (χ4v) is 6.00. The van der Waals surface area contributed by atoms with Gasteiger partial charge in [-0.1, -0.05) is 66.7 Å². The van der Waals surface area contributed by atoms with Gasteiger partial charge in [0.15, 0.2) is 0 Å². The number of amides is 2. The average molecular weight is 616 g/mol. The molecule has 0 aromatic heterocycles. The number of halogens is 1. The molecular formula is C29H31BrN2O6S. The fraction of sp³-hybridized carbons (Fsp3) is 0.310. The Hall–Kier alpha value is -3.37. The van der Waals surface area contributed by atoms with E-state index < -0.39 is 22.0 Å². The van der Waals surface area contributed by atoms with Crippen molar-refractivity contribution in [1.82, 2.24) is 9.62 Å². The summed E-state index contributed by atoms with van der Waals surface area (Å²) in [5.41, 5.74) is 1.89. The van der Waals surface area contributed by atoms with Crippen LogP contribution < -0.4 is 9.46 Å². The van der Waals surface area contributed by atoms with E-state index in [-0.39, 0.29) is 42.7 Å². The number of hydrogen-bond donors (Lipinski definition) is 1. The quantitative estimate of drug-likeness (QED) is 0.316. The number of benzene rings is 3. The van der Waals surface area contributed by atoms with E-state index in [1.807, 2.05) is 60.7 Å². The van der Waals surface area contributed by atoms with E-state index in [9.17, 15) is 18.0 Å². The molecule has 1 fully saturated rings. The lowest BCUT2D eigenvalue weighted by atomic mass is 10.0. The molecule has 0 radical (unpaired) electrons. The van der Waals surface area contributed by atoms with Crippen molar-refractivity contribution in [1.29, 1.82) is 0 Å². The minimum absolute atomic E-state index is 0.104. The monoisotopic (exact) mass is 614 g/mol. The molecule has 0 aliphatic carbocycles. The van der Waals surface area contributed by atoms with Crippen molar-refractivity contribution >= 4 is 38.0 Å². The van der Waals surface area contributed by atoms with Crippen LogP contribution in [0.4, 0.5) is 4.79 Å². The molecule has 1 aliphatic heterocycles. The number of piperidine rings is 1. The van der Waals surface area contributed by atoms with Gasteiger partial charge in [0, 0.05) is 12.6 Å². The van der Waals surface area contributed by atoms with E-state index >= 15 is 0 Å². The Labute approximate surface area is 237 Å². The van der Waals surface area contributed by atoms with E-state index in [1.54, 1.807) is 17.0 Å². The lowest BCUT2D eigenvalue weighted by molar-refractivity contribution is 0.0672. The van der Waals surface area contributed by atoms with Gasteiger partial charge in [-0.2, -0.15) is 0 Å². The molecule has 0 saturated carbocycles. The molecule has 8 nitrogen and oxygen atoms in total. The van der Waals surface area contributed by atoms with Gasteiger partial charge in [-0.25, -0.2) is 17.9 Å². The minimum Gasteiger partial charge on any atom is -0.487 e. The highest BCUT2D eigenvalue weighted by Gasteiger charge is 2.30. The van der Waals surface area contributed by atoms with Crippen molar-refractivity contribution in [3.05, 3.63) is 100 Å². The molecule has 39 heavy (non-hydrogen) atoms. The van der Waals surface area contributed by atoms with Crippen LogP contribution in [-0.4, -0.2) is 43.7 Å². The van der Waals surface area contributed by atoms with Crippen LogP contribution in [0.25, 0.3) is 0 Å². The summed E-state index contributed by atoms with van der Waals surface area (Å²) in [5, 5.41) is 0. The molecule has 1 aliphatic rings. The van der Waals surface area contributed by atoms with Crippen molar-refractivity contribution in [2.24, 2.45) is 0 Å². The maximum Gasteiger partial charge on any atom is 0.410 e. The lowest BCUT2D eigenvalue weighted by Gasteiger charge is -2.34. The summed E-state index contributed by atoms with van der Waals surface area (Å²) in [7, 11) is -3.98. The molecule has 0 spiro atoms. The molecule has 3 aromatic rings. The van der Waals surface area contributed by atoms with Crippen molar-refractivity contribution in [3.63, 3.8) is 0 Å². The summed E-state index contributed by atoms with van der Waals surface area (Å²) in [5.74, 6) is -0.823. The third kappa shape index (κ3) is 8.31. The van der Waals surface area contributed by atoms with Gasteiger partial charge in [0.05, 0.1) is 15.8 Å². The largest absolute Gasteiger partial charge is 0.487 e. The van der Waals surface area contributed by atoms with E-state index in [1.165, 1.54) is 6.07 Å². The van der Waals surface area contributed by atoms with Crippen LogP contribution in [0, 0.1) is 0 Å². The summed E-state index contributed by atoms with van der Waals surface area (Å²) in [6, 6.07) is 23.4. The van der Waals surface area contributed by atoms with Gasteiger partial charge in [-0.05, 0) is 64.9 Å². The molecule has 1 N–H and O–H groups in total. The third-order valence-electron chi connectivity index (χ3n) is 6.47. The molecule has 0 bridgehead atoms. The zero-order chi connectivity index (χ0) is 27.7. The molecule has 1 heterocycles. The second-order valence-corrected chi connectivity index (χ2v) is 12.0. The molecule has 206 valence electrons. The number of ether oxygens (including phenoxy) is 2. The number of rotatable bonds is 10. The smallest absolute Gasteiger partial charge is 0.410 e. The SMILES string of the molecule is O=C(NS(=O)(=O)CC[C@H]1CCCCN1C(=O)OCc1ccccc1)c1cccc(Br)c1OCc1ccccc1. The van der Waals surface area contributed by atoms with Crippen LogP contribution in [0.1, 0.15) is 47.2 Å². The summed E-state index contributed by atoms with van der Waals surface area (Å²) in [6.07, 6.45) is 2.13. The number of nitrogens with zero attached hydrogens (tertiary/aromatic N) is 1. The van der Waals surface area contributed by atoms with E-state index in [4.69, 9.17) is 9.47 Å². The van der Waals surface area contributed by atoms with Gasteiger partial charge < -0.3 is 14.4 Å². The number of likely N-dealkylation sites (tertiary alicyclic amines) is 1. The molecule has 3 aromatic carbocycles. The first kappa shape index (κ1) is 28.6. The average Bonchev–Trinajstić information content (AvgIpc) is 2.95. The fourth-order valence-electron chi connectivity index (χ4n) is 4.45. The second kappa shape index (κ2) is 13.6. The second-order valence-electron chi connectivity index (χ2n) is 9.31. The predicted molar refractivity (Wildman–Crippen MR) is 152 cm³/mol. The van der Waals surface area contributed by atoms with E-state index in [0.717, 1.165) is 24.0 Å². The van der Waals surface area contributed by atoms with Gasteiger partial charge in [0.25, 0.3) is 5.91 Å². The Morgan fingerprint density at radius 1 is 0.897 bits per heavy atom. The maximum atomic E-state index is 13.0. The topological polar surface area (TPSA) is 102 Å². The molecule has 2 amide bonds. The highest BCUT2D eigenvalue weighted by molar-refractivity contribution is 9.10. The zero-order valence-electron chi connectivity index (χ0n) is 21.4. The van der Waals surface area contributed by atoms with Crippen LogP contribution >= 0.6 is 15.9 Å². The normalized spacial score (nSPS) is 15.4. The lowest BCUT2D eigenvalue weighted by Crippen LogP contribution is -2.45. The standard InChI is InChI=1S/C29H31BrN2O6S/c30-26-16-9-15-25(27(26)37-20-22-10-3-1-4-11-22)28(33)31-39(35,36)19-17-24-14-7-8-18-32(24)29(34)38-21-23-12-5-2-6-13-23/h1-6,9-13,15-16,24H,7-8,14,17-21H2,(H,31,33)/t24-/m1/s1. The summed E-state index contributed by atoms with van der Waals surface area (Å²) >= 11 is 3.40. The Bertz CT molecular complexity index is 1370. The number of carbonyl (C=O) groups is 2. The predicted octanol–water partition coefficient (Wildman–Crippen LogP) is 5.67. The Morgan fingerprint density at radius 2 is 1.56 bits per heavy atom. The van der Waals surface area contributed by atoms with Crippen molar-refractivity contribution in [2.75, 3.05) is 12.3 Å². The van der Waals surface area contributed by atoms with Crippen molar-refractivity contribution in [2.45, 2.75) is 44.9 Å². The summed E-state index contributed by atoms with van der Waals surface area (Å²) in [6.45, 7) is 0.873. The number of sulfonamides is 1. The van der Waals surface area contributed by atoms with E-state index in [0.29, 0.717) is 17.4 Å². The minimum atomic E-state index is -3.98. The van der Waals surface area contributed by atoms with E-state index in [2.05, 4.69) is 20.7 Å². The Balaban J connectivity index is 1.35. The highest BCUT2D eigenvalue weighted by atomic mass is 79.9. The van der Waals surface area contributed by atoms with Gasteiger partial charge in [-0.3, -0.25) is 4.79 Å². The van der Waals surface area contributed by atoms with Gasteiger partial charge in [-0.15, -0.1) is 0 Å². The summed E-state index contributed by atoms with van der Waals surface area (Å²) in [4.78, 5) is 27.4. The zero-order valence-corrected chi connectivity index (χ0v) is 23.8.